The predicted octanol–water partition coefficient (Wildman–Crippen LogP) is 5.17. The molecule has 1 aliphatic heterocycles. The molecule has 1 saturated carbocycles. The Kier molecular flexibility index (Phi) is 8.74. The highest BCUT2D eigenvalue weighted by Crippen LogP contribution is 2.29. The van der Waals surface area contributed by atoms with Gasteiger partial charge < -0.3 is 19.5 Å². The number of fused-ring (bicyclic) bond motifs is 1. The normalized spacial score (nSPS) is 19.3. The number of ketones is 1. The van der Waals surface area contributed by atoms with Crippen molar-refractivity contribution in [3.8, 4) is 5.75 Å². The lowest BCUT2D eigenvalue weighted by Gasteiger charge is -2.32. The Morgan fingerprint density at radius 1 is 0.973 bits per heavy atom. The molecular weight excluding hydrogens is 484 g/mol. The van der Waals surface area contributed by atoms with Crippen LogP contribution in [0.5, 0.6) is 5.75 Å². The average Bonchev–Trinajstić information content (AvgIpc) is 2.84. The maximum atomic E-state index is 12.7. The maximum Gasteiger partial charge on any atom is 0.410 e. The molecule has 1 N–H and O–H groups in total. The van der Waals surface area contributed by atoms with Crippen LogP contribution in [0, 0.1) is 5.92 Å². The third-order valence-electron chi connectivity index (χ3n) is 6.99. The van der Waals surface area contributed by atoms with Crippen molar-refractivity contribution in [3.63, 3.8) is 0 Å². The average molecular weight is 516 g/mol. The second kappa shape index (κ2) is 12.2. The summed E-state index contributed by atoms with van der Waals surface area (Å²) in [6.07, 6.45) is 3.54. The summed E-state index contributed by atoms with van der Waals surface area (Å²) in [7, 11) is 0. The number of rotatable bonds is 9. The minimum atomic E-state index is -2.91. The fourth-order valence-electron chi connectivity index (χ4n) is 5.14. The number of nitrogens with zero attached hydrogens (tertiary/aromatic N) is 1. The zero-order valence-electron chi connectivity index (χ0n) is 20.5. The molecule has 0 atom stereocenters. The lowest BCUT2D eigenvalue weighted by atomic mass is 9.85. The molecule has 4 rings (SSSR count). The number of hydrogen-bond donors (Lipinski definition) is 1. The van der Waals surface area contributed by atoms with Crippen LogP contribution in [0.2, 0.25) is 0 Å². The lowest BCUT2D eigenvalue weighted by molar-refractivity contribution is -0.138. The topological polar surface area (TPSA) is 93.1 Å². The molecule has 1 fully saturated rings. The molecule has 7 nitrogen and oxygen atoms in total. The van der Waals surface area contributed by atoms with Gasteiger partial charge in [0.05, 0.1) is 0 Å². The number of carbonyl (C=O) groups excluding carboxylic acids is 2. The fourth-order valence-corrected chi connectivity index (χ4v) is 5.14. The van der Waals surface area contributed by atoms with E-state index < -0.39 is 12.6 Å². The first-order valence-electron chi connectivity index (χ1n) is 12.6. The van der Waals surface area contributed by atoms with E-state index in [2.05, 4.69) is 4.74 Å². The van der Waals surface area contributed by atoms with Gasteiger partial charge in [0.15, 0.2) is 0 Å². The Morgan fingerprint density at radius 2 is 1.70 bits per heavy atom. The van der Waals surface area contributed by atoms with E-state index in [0.717, 1.165) is 29.5 Å². The van der Waals surface area contributed by atoms with Gasteiger partial charge in [0, 0.05) is 32.4 Å². The van der Waals surface area contributed by atoms with E-state index in [1.807, 2.05) is 18.2 Å². The van der Waals surface area contributed by atoms with Crippen LogP contribution in [0.25, 0.3) is 0 Å². The van der Waals surface area contributed by atoms with Crippen LogP contribution in [0.1, 0.15) is 54.4 Å². The van der Waals surface area contributed by atoms with Gasteiger partial charge in [-0.25, -0.2) is 4.79 Å². The number of carbonyl (C=O) groups is 3. The number of amides is 1. The fraction of sp³-hybridized carbons (Fsp3) is 0.464. The van der Waals surface area contributed by atoms with Crippen LogP contribution >= 0.6 is 0 Å². The molecule has 2 aliphatic rings. The van der Waals surface area contributed by atoms with E-state index in [-0.39, 0.29) is 48.9 Å². The van der Waals surface area contributed by atoms with Crippen molar-refractivity contribution in [2.45, 2.75) is 70.6 Å². The Morgan fingerprint density at radius 3 is 2.41 bits per heavy atom. The summed E-state index contributed by atoms with van der Waals surface area (Å²) in [6.45, 7) is -1.95. The van der Waals surface area contributed by atoms with Crippen LogP contribution in [-0.4, -0.2) is 47.1 Å². The van der Waals surface area contributed by atoms with E-state index in [0.29, 0.717) is 37.9 Å². The first-order chi connectivity index (χ1) is 17.7. The summed E-state index contributed by atoms with van der Waals surface area (Å²) >= 11 is 0. The van der Waals surface area contributed by atoms with Crippen molar-refractivity contribution < 1.29 is 37.7 Å². The zero-order chi connectivity index (χ0) is 26.4. The molecule has 0 bridgehead atoms. The Balaban J connectivity index is 1.27. The SMILES string of the molecule is O=C(O)CC1CCC(OC(=O)N2CCc3cc(CC(=O)Cc4cccc(OC(F)F)c4)ccc3C2)CC1. The molecule has 0 saturated heterocycles. The second-order valence-electron chi connectivity index (χ2n) is 9.82. The van der Waals surface area contributed by atoms with E-state index in [1.54, 1.807) is 17.0 Å². The number of hydrogen-bond acceptors (Lipinski definition) is 5. The van der Waals surface area contributed by atoms with Crippen molar-refractivity contribution in [2.24, 2.45) is 5.92 Å². The van der Waals surface area contributed by atoms with Gasteiger partial charge in [-0.15, -0.1) is 0 Å². The van der Waals surface area contributed by atoms with Crippen molar-refractivity contribution in [1.29, 1.82) is 0 Å². The molecular formula is C28H31F2NO6. The van der Waals surface area contributed by atoms with Gasteiger partial charge in [0.2, 0.25) is 0 Å². The summed E-state index contributed by atoms with van der Waals surface area (Å²) < 4.78 is 35.0. The highest BCUT2D eigenvalue weighted by atomic mass is 19.3. The number of carboxylic acid groups (broad SMARTS) is 1. The maximum absolute atomic E-state index is 12.7. The summed E-state index contributed by atoms with van der Waals surface area (Å²) in [5.41, 5.74) is 3.60. The van der Waals surface area contributed by atoms with E-state index >= 15 is 0 Å². The highest BCUT2D eigenvalue weighted by Gasteiger charge is 2.28. The largest absolute Gasteiger partial charge is 0.481 e. The quantitative estimate of drug-likeness (QED) is 0.495. The number of alkyl halides is 2. The predicted molar refractivity (Wildman–Crippen MR) is 131 cm³/mol. The number of benzene rings is 2. The number of carboxylic acids is 1. The second-order valence-corrected chi connectivity index (χ2v) is 9.82. The van der Waals surface area contributed by atoms with Crippen molar-refractivity contribution in [3.05, 3.63) is 64.7 Å². The first kappa shape index (κ1) is 26.6. The number of ether oxygens (including phenoxy) is 2. The van der Waals surface area contributed by atoms with E-state index in [1.165, 1.54) is 12.1 Å². The lowest BCUT2D eigenvalue weighted by Crippen LogP contribution is -2.39. The minimum absolute atomic E-state index is 0.0306. The third-order valence-corrected chi connectivity index (χ3v) is 6.99. The van der Waals surface area contributed by atoms with Gasteiger partial charge in [-0.05, 0) is 72.4 Å². The molecule has 0 spiro atoms. The van der Waals surface area contributed by atoms with E-state index in [9.17, 15) is 23.2 Å². The van der Waals surface area contributed by atoms with E-state index in [4.69, 9.17) is 9.84 Å². The molecule has 1 heterocycles. The molecule has 0 unspecified atom stereocenters. The van der Waals surface area contributed by atoms with Gasteiger partial charge in [-0.1, -0.05) is 30.3 Å². The molecule has 0 radical (unpaired) electrons. The Hall–Kier alpha value is -3.49. The summed E-state index contributed by atoms with van der Waals surface area (Å²) in [4.78, 5) is 37.9. The summed E-state index contributed by atoms with van der Waals surface area (Å²) in [5.74, 6) is -0.635. The van der Waals surface area contributed by atoms with Crippen molar-refractivity contribution >= 4 is 17.8 Å². The van der Waals surface area contributed by atoms with Gasteiger partial charge in [-0.2, -0.15) is 8.78 Å². The summed E-state index contributed by atoms with van der Waals surface area (Å²) in [6, 6.07) is 12.0. The van der Waals surface area contributed by atoms with Crippen molar-refractivity contribution in [2.75, 3.05) is 6.54 Å². The van der Waals surface area contributed by atoms with Crippen molar-refractivity contribution in [1.82, 2.24) is 4.90 Å². The molecule has 9 heteroatoms. The van der Waals surface area contributed by atoms with Crippen LogP contribution < -0.4 is 4.74 Å². The van der Waals surface area contributed by atoms with Crippen LogP contribution in [0.3, 0.4) is 0 Å². The molecule has 2 aromatic rings. The standard InChI is InChI=1S/C28H31F2NO6/c29-27(30)36-25-3-1-2-19(15-25)13-23(32)14-20-4-7-22-17-31(11-10-21(22)12-20)28(35)37-24-8-5-18(6-9-24)16-26(33)34/h1-4,7,12,15,18,24,27H,5-6,8-11,13-14,16-17H2,(H,33,34). The van der Waals surface area contributed by atoms with Gasteiger partial charge in [0.1, 0.15) is 17.6 Å². The molecule has 1 aliphatic carbocycles. The number of halogens is 2. The smallest absolute Gasteiger partial charge is 0.410 e. The van der Waals surface area contributed by atoms with Crippen LogP contribution in [0.4, 0.5) is 13.6 Å². The summed E-state index contributed by atoms with van der Waals surface area (Å²) in [5, 5.41) is 8.95. The monoisotopic (exact) mass is 515 g/mol. The molecule has 198 valence electrons. The Bertz CT molecular complexity index is 1130. The van der Waals surface area contributed by atoms with Crippen LogP contribution in [0.15, 0.2) is 42.5 Å². The van der Waals surface area contributed by atoms with Crippen LogP contribution in [-0.2, 0) is 40.1 Å². The minimum Gasteiger partial charge on any atom is -0.481 e. The molecule has 0 aromatic heterocycles. The number of Topliss-reactive ketones (excluding diaryl/α,β-unsaturated/α-hetero) is 1. The third kappa shape index (κ3) is 7.74. The van der Waals surface area contributed by atoms with Gasteiger partial charge in [-0.3, -0.25) is 9.59 Å². The molecule has 37 heavy (non-hydrogen) atoms. The molecule has 2 aromatic carbocycles. The Labute approximate surface area is 214 Å². The molecule has 1 amide bonds. The zero-order valence-corrected chi connectivity index (χ0v) is 20.5. The number of aliphatic carboxylic acids is 1. The van der Waals surface area contributed by atoms with Gasteiger partial charge in [0.25, 0.3) is 0 Å². The van der Waals surface area contributed by atoms with Gasteiger partial charge >= 0.3 is 18.7 Å². The highest BCUT2D eigenvalue weighted by molar-refractivity contribution is 5.83. The first-order valence-corrected chi connectivity index (χ1v) is 12.6.